The van der Waals surface area contributed by atoms with E-state index in [0.29, 0.717) is 12.1 Å². The first-order valence-electron chi connectivity index (χ1n) is 7.14. The Balaban J connectivity index is 1.91. The molecule has 1 aromatic heterocycles. The van der Waals surface area contributed by atoms with Gasteiger partial charge in [0.25, 0.3) is 0 Å². The van der Waals surface area contributed by atoms with Crippen molar-refractivity contribution in [2.75, 3.05) is 12.0 Å². The molecule has 3 heteroatoms. The first-order chi connectivity index (χ1) is 9.29. The number of hydrogen-bond donors (Lipinski definition) is 2. The largest absolute Gasteiger partial charge is 0.357 e. The monoisotopic (exact) mass is 274 g/mol. The maximum atomic E-state index is 3.78. The van der Waals surface area contributed by atoms with Gasteiger partial charge in [0.05, 0.1) is 0 Å². The molecule has 2 atom stereocenters. The predicted octanol–water partition coefficient (Wildman–Crippen LogP) is 3.89. The number of aryl methyl sites for hydroxylation is 1. The lowest BCUT2D eigenvalue weighted by molar-refractivity contribution is 0.420. The number of aromatic amines is 1. The van der Waals surface area contributed by atoms with E-state index in [2.05, 4.69) is 47.7 Å². The van der Waals surface area contributed by atoms with Crippen molar-refractivity contribution in [3.05, 3.63) is 35.5 Å². The minimum Gasteiger partial charge on any atom is -0.357 e. The Morgan fingerprint density at radius 1 is 1.42 bits per heavy atom. The zero-order valence-corrected chi connectivity index (χ0v) is 12.5. The molecule has 2 unspecified atom stereocenters. The van der Waals surface area contributed by atoms with Crippen LogP contribution in [0.2, 0.25) is 0 Å². The number of benzene rings is 1. The number of nitrogens with one attached hydrogen (secondary N) is 2. The highest BCUT2D eigenvalue weighted by atomic mass is 32.2. The van der Waals surface area contributed by atoms with Gasteiger partial charge in [0.1, 0.15) is 0 Å². The average molecular weight is 274 g/mol. The number of hydrogen-bond acceptors (Lipinski definition) is 2. The van der Waals surface area contributed by atoms with Crippen LogP contribution in [0.25, 0.3) is 10.9 Å². The van der Waals surface area contributed by atoms with Crippen molar-refractivity contribution in [3.63, 3.8) is 0 Å². The van der Waals surface area contributed by atoms with E-state index in [-0.39, 0.29) is 0 Å². The van der Waals surface area contributed by atoms with Gasteiger partial charge in [-0.3, -0.25) is 0 Å². The van der Waals surface area contributed by atoms with E-state index >= 15 is 0 Å². The minimum absolute atomic E-state index is 0.498. The zero-order chi connectivity index (χ0) is 13.2. The fraction of sp³-hybridized carbons (Fsp3) is 0.500. The van der Waals surface area contributed by atoms with Crippen molar-refractivity contribution < 1.29 is 0 Å². The van der Waals surface area contributed by atoms with Crippen LogP contribution in [0.1, 0.15) is 37.1 Å². The Labute approximate surface area is 119 Å². The second-order valence-corrected chi connectivity index (χ2v) is 6.44. The van der Waals surface area contributed by atoms with Gasteiger partial charge in [-0.1, -0.05) is 18.2 Å². The van der Waals surface area contributed by atoms with Crippen LogP contribution in [0.3, 0.4) is 0 Å². The lowest BCUT2D eigenvalue weighted by atomic mass is 9.91. The highest BCUT2D eigenvalue weighted by molar-refractivity contribution is 7.98. The van der Waals surface area contributed by atoms with E-state index in [1.807, 2.05) is 11.8 Å². The lowest BCUT2D eigenvalue weighted by Gasteiger charge is -2.27. The molecule has 0 fully saturated rings. The van der Waals surface area contributed by atoms with Crippen LogP contribution in [-0.2, 0) is 6.42 Å². The number of rotatable bonds is 4. The summed E-state index contributed by atoms with van der Waals surface area (Å²) < 4.78 is 0. The van der Waals surface area contributed by atoms with Gasteiger partial charge in [-0.05, 0) is 44.1 Å². The van der Waals surface area contributed by atoms with Crippen LogP contribution in [0.5, 0.6) is 0 Å². The summed E-state index contributed by atoms with van der Waals surface area (Å²) in [5.41, 5.74) is 4.26. The molecule has 0 spiro atoms. The quantitative estimate of drug-likeness (QED) is 0.885. The summed E-state index contributed by atoms with van der Waals surface area (Å²) in [6.45, 7) is 2.29. The summed E-state index contributed by atoms with van der Waals surface area (Å²) in [4.78, 5) is 3.64. The molecule has 2 aromatic rings. The minimum atomic E-state index is 0.498. The van der Waals surface area contributed by atoms with Crippen LogP contribution in [0.15, 0.2) is 24.3 Å². The zero-order valence-electron chi connectivity index (χ0n) is 11.7. The fourth-order valence-corrected chi connectivity index (χ4v) is 3.82. The van der Waals surface area contributed by atoms with E-state index < -0.39 is 0 Å². The van der Waals surface area contributed by atoms with Gasteiger partial charge >= 0.3 is 0 Å². The molecule has 1 aliphatic carbocycles. The molecule has 0 saturated carbocycles. The SMILES string of the molecule is CSCC(C)NC1CCCc2c1[nH]c1ccccc21. The lowest BCUT2D eigenvalue weighted by Crippen LogP contribution is -2.34. The number of fused-ring (bicyclic) bond motifs is 3. The Morgan fingerprint density at radius 3 is 3.11 bits per heavy atom. The van der Waals surface area contributed by atoms with Crippen LogP contribution in [-0.4, -0.2) is 23.0 Å². The van der Waals surface area contributed by atoms with Crippen LogP contribution in [0.4, 0.5) is 0 Å². The van der Waals surface area contributed by atoms with Crippen molar-refractivity contribution in [1.29, 1.82) is 0 Å². The van der Waals surface area contributed by atoms with Gasteiger partial charge in [-0.15, -0.1) is 0 Å². The summed E-state index contributed by atoms with van der Waals surface area (Å²) in [7, 11) is 0. The summed E-state index contributed by atoms with van der Waals surface area (Å²) in [6, 6.07) is 9.76. The van der Waals surface area contributed by atoms with Gasteiger partial charge in [0.2, 0.25) is 0 Å². The molecule has 1 aromatic carbocycles. The van der Waals surface area contributed by atoms with Gasteiger partial charge in [0.15, 0.2) is 0 Å². The summed E-state index contributed by atoms with van der Waals surface area (Å²) in [5, 5.41) is 5.20. The van der Waals surface area contributed by atoms with E-state index in [9.17, 15) is 0 Å². The topological polar surface area (TPSA) is 27.8 Å². The molecule has 2 nitrogen and oxygen atoms in total. The molecular weight excluding hydrogens is 252 g/mol. The fourth-order valence-electron chi connectivity index (χ4n) is 3.22. The molecule has 1 aliphatic rings. The molecule has 1 heterocycles. The number of para-hydroxylation sites is 1. The van der Waals surface area contributed by atoms with E-state index in [1.54, 1.807) is 0 Å². The molecule has 102 valence electrons. The Kier molecular flexibility index (Phi) is 3.85. The first kappa shape index (κ1) is 13.1. The van der Waals surface area contributed by atoms with E-state index in [0.717, 1.165) is 0 Å². The third-order valence-corrected chi connectivity index (χ3v) is 4.85. The van der Waals surface area contributed by atoms with Gasteiger partial charge in [0, 0.05) is 34.4 Å². The van der Waals surface area contributed by atoms with Crippen LogP contribution in [0, 0.1) is 0 Å². The van der Waals surface area contributed by atoms with Gasteiger partial charge in [-0.25, -0.2) is 0 Å². The van der Waals surface area contributed by atoms with Crippen molar-refractivity contribution in [1.82, 2.24) is 10.3 Å². The van der Waals surface area contributed by atoms with Crippen LogP contribution < -0.4 is 5.32 Å². The van der Waals surface area contributed by atoms with Crippen molar-refractivity contribution in [2.24, 2.45) is 0 Å². The van der Waals surface area contributed by atoms with Crippen molar-refractivity contribution in [3.8, 4) is 0 Å². The van der Waals surface area contributed by atoms with E-state index in [4.69, 9.17) is 0 Å². The predicted molar refractivity (Wildman–Crippen MR) is 85.0 cm³/mol. The maximum absolute atomic E-state index is 3.78. The highest BCUT2D eigenvalue weighted by Crippen LogP contribution is 2.34. The third-order valence-electron chi connectivity index (χ3n) is 4.02. The summed E-state index contributed by atoms with van der Waals surface area (Å²) >= 11 is 1.91. The molecule has 2 N–H and O–H groups in total. The summed E-state index contributed by atoms with van der Waals surface area (Å²) in [5.74, 6) is 1.17. The number of thioether (sulfide) groups is 1. The van der Waals surface area contributed by atoms with Crippen molar-refractivity contribution >= 4 is 22.7 Å². The molecule has 0 radical (unpaired) electrons. The Hall–Kier alpha value is -0.930. The molecule has 19 heavy (non-hydrogen) atoms. The smallest absolute Gasteiger partial charge is 0.0478 e. The van der Waals surface area contributed by atoms with Gasteiger partial charge in [-0.2, -0.15) is 11.8 Å². The van der Waals surface area contributed by atoms with Gasteiger partial charge < -0.3 is 10.3 Å². The second kappa shape index (κ2) is 5.59. The average Bonchev–Trinajstić information content (AvgIpc) is 2.79. The molecule has 0 bridgehead atoms. The number of H-pyrrole nitrogens is 1. The highest BCUT2D eigenvalue weighted by Gasteiger charge is 2.24. The Morgan fingerprint density at radius 2 is 2.26 bits per heavy atom. The summed E-state index contributed by atoms with van der Waals surface area (Å²) in [6.07, 6.45) is 5.93. The normalized spacial score (nSPS) is 20.4. The second-order valence-electron chi connectivity index (χ2n) is 5.53. The number of aromatic nitrogens is 1. The van der Waals surface area contributed by atoms with Crippen molar-refractivity contribution in [2.45, 2.75) is 38.3 Å². The molecular formula is C16H22N2S. The first-order valence-corrected chi connectivity index (χ1v) is 8.53. The molecule has 0 saturated heterocycles. The maximum Gasteiger partial charge on any atom is 0.0478 e. The standard InChI is InChI=1S/C16H22N2S/c1-11(10-19-2)17-15-9-5-7-13-12-6-3-4-8-14(12)18-16(13)15/h3-4,6,8,11,15,17-18H,5,7,9-10H2,1-2H3. The molecule has 3 rings (SSSR count). The van der Waals surface area contributed by atoms with E-state index in [1.165, 1.54) is 47.2 Å². The third kappa shape index (κ3) is 2.54. The molecule has 0 amide bonds. The Bertz CT molecular complexity index is 561. The van der Waals surface area contributed by atoms with Crippen LogP contribution >= 0.6 is 11.8 Å². The molecule has 0 aliphatic heterocycles.